The van der Waals surface area contributed by atoms with E-state index in [-0.39, 0.29) is 29.3 Å². The lowest BCUT2D eigenvalue weighted by molar-refractivity contribution is 0.0159. The van der Waals surface area contributed by atoms with Crippen LogP contribution in [-0.4, -0.2) is 24.7 Å². The van der Waals surface area contributed by atoms with Gasteiger partial charge in [-0.2, -0.15) is 5.10 Å². The molecule has 3 heterocycles. The fraction of sp³-hybridized carbons (Fsp3) is 0.435. The van der Waals surface area contributed by atoms with Crippen molar-refractivity contribution in [3.05, 3.63) is 69.7 Å². The molecule has 0 aromatic carbocycles. The first-order valence-electron chi connectivity index (χ1n) is 10.6. The van der Waals surface area contributed by atoms with Gasteiger partial charge >= 0.3 is 0 Å². The molecule has 8 heteroatoms. The van der Waals surface area contributed by atoms with E-state index in [2.05, 4.69) is 20.1 Å². The molecule has 0 saturated heterocycles. The number of halogens is 2. The molecule has 0 spiro atoms. The maximum absolute atomic E-state index is 14.1. The van der Waals surface area contributed by atoms with Crippen LogP contribution in [0.5, 0.6) is 0 Å². The summed E-state index contributed by atoms with van der Waals surface area (Å²) in [5, 5.41) is 4.51. The zero-order valence-corrected chi connectivity index (χ0v) is 17.7. The number of rotatable bonds is 5. The van der Waals surface area contributed by atoms with Gasteiger partial charge in [0.05, 0.1) is 17.9 Å². The summed E-state index contributed by atoms with van der Waals surface area (Å²) in [7, 11) is 0. The normalized spacial score (nSPS) is 15.2. The molecule has 3 aromatic heterocycles. The Morgan fingerprint density at radius 1 is 1.19 bits per heavy atom. The Kier molecular flexibility index (Phi) is 5.89. The Bertz CT molecular complexity index is 1130. The van der Waals surface area contributed by atoms with Crippen molar-refractivity contribution in [1.29, 1.82) is 0 Å². The maximum atomic E-state index is 14.1. The first-order valence-corrected chi connectivity index (χ1v) is 10.6. The molecule has 0 atom stereocenters. The lowest BCUT2D eigenvalue weighted by Crippen LogP contribution is -2.30. The highest BCUT2D eigenvalue weighted by Gasteiger charge is 2.29. The van der Waals surface area contributed by atoms with Gasteiger partial charge in [-0.15, -0.1) is 0 Å². The Balaban J connectivity index is 1.85. The number of nitrogens with zero attached hydrogens (tertiary/aromatic N) is 5. The molecule has 0 N–H and O–H groups in total. The third-order valence-corrected chi connectivity index (χ3v) is 5.85. The van der Waals surface area contributed by atoms with Gasteiger partial charge in [0.25, 0.3) is 11.5 Å². The first kappa shape index (κ1) is 21.2. The molecule has 4 rings (SSSR count). The van der Waals surface area contributed by atoms with Crippen LogP contribution in [0, 0.1) is 6.92 Å². The van der Waals surface area contributed by atoms with Gasteiger partial charge in [-0.05, 0) is 49.4 Å². The van der Waals surface area contributed by atoms with Crippen LogP contribution in [0.25, 0.3) is 11.4 Å². The monoisotopic (exact) mass is 425 g/mol. The van der Waals surface area contributed by atoms with E-state index in [1.807, 2.05) is 13.0 Å². The van der Waals surface area contributed by atoms with Crippen molar-refractivity contribution in [3.8, 4) is 11.4 Å². The van der Waals surface area contributed by atoms with E-state index in [1.165, 1.54) is 29.3 Å². The van der Waals surface area contributed by atoms with E-state index in [0.29, 0.717) is 17.0 Å². The summed E-state index contributed by atoms with van der Waals surface area (Å²) >= 11 is 0. The minimum absolute atomic E-state index is 0.129. The number of hydrogen-bond donors (Lipinski definition) is 0. The second-order valence-corrected chi connectivity index (χ2v) is 8.22. The standard InChI is InChI=1S/C23H25F2N5O/c1-15-12-26-14-28-21(15)19-11-17(16-7-4-3-5-8-16)22(31)30(29-19)13-20-18(23(2,24)25)9-6-10-27-20/h6,9-12,14,16H,3-5,7-8,13H2,1-2H3. The van der Waals surface area contributed by atoms with Crippen molar-refractivity contribution in [3.63, 3.8) is 0 Å². The number of hydrogen-bond acceptors (Lipinski definition) is 5. The molecule has 31 heavy (non-hydrogen) atoms. The largest absolute Gasteiger partial charge is 0.272 e. The van der Waals surface area contributed by atoms with Gasteiger partial charge in [-0.1, -0.05) is 19.3 Å². The molecule has 1 saturated carbocycles. The molecule has 0 radical (unpaired) electrons. The zero-order chi connectivity index (χ0) is 22.0. The summed E-state index contributed by atoms with van der Waals surface area (Å²) in [6.45, 7) is 2.58. The predicted octanol–water partition coefficient (Wildman–Crippen LogP) is 4.61. The predicted molar refractivity (Wildman–Crippen MR) is 113 cm³/mol. The summed E-state index contributed by atoms with van der Waals surface area (Å²) in [5.74, 6) is -2.94. The van der Waals surface area contributed by atoms with Crippen LogP contribution in [0.3, 0.4) is 0 Å². The summed E-state index contributed by atoms with van der Waals surface area (Å²) < 4.78 is 29.5. The Morgan fingerprint density at radius 2 is 1.97 bits per heavy atom. The molecular formula is C23H25F2N5O. The highest BCUT2D eigenvalue weighted by molar-refractivity contribution is 5.58. The van der Waals surface area contributed by atoms with Crippen LogP contribution in [0.4, 0.5) is 8.78 Å². The summed E-state index contributed by atoms with van der Waals surface area (Å²) in [5.41, 5.74) is 2.35. The van der Waals surface area contributed by atoms with Gasteiger partial charge < -0.3 is 0 Å². The summed E-state index contributed by atoms with van der Waals surface area (Å²) in [6, 6.07) is 4.63. The van der Waals surface area contributed by atoms with E-state index in [9.17, 15) is 13.6 Å². The highest BCUT2D eigenvalue weighted by Crippen LogP contribution is 2.33. The number of pyridine rings is 1. The van der Waals surface area contributed by atoms with Gasteiger partial charge in [0, 0.05) is 30.4 Å². The SMILES string of the molecule is Cc1cncnc1-c1cc(C2CCCCC2)c(=O)n(Cc2ncccc2C(C)(F)F)n1. The third kappa shape index (κ3) is 4.52. The quantitative estimate of drug-likeness (QED) is 0.597. The second kappa shape index (κ2) is 8.61. The number of aryl methyl sites for hydroxylation is 1. The Morgan fingerprint density at radius 3 is 2.68 bits per heavy atom. The maximum Gasteiger partial charge on any atom is 0.272 e. The van der Waals surface area contributed by atoms with E-state index in [4.69, 9.17) is 0 Å². The smallest absolute Gasteiger partial charge is 0.267 e. The molecule has 0 aliphatic heterocycles. The van der Waals surface area contributed by atoms with Crippen LogP contribution >= 0.6 is 0 Å². The van der Waals surface area contributed by atoms with Crippen LogP contribution in [0.1, 0.15) is 67.3 Å². The third-order valence-electron chi connectivity index (χ3n) is 5.85. The van der Waals surface area contributed by atoms with Gasteiger partial charge in [-0.25, -0.2) is 23.4 Å². The molecular weight excluding hydrogens is 400 g/mol. The molecule has 162 valence electrons. The second-order valence-electron chi connectivity index (χ2n) is 8.22. The van der Waals surface area contributed by atoms with Gasteiger partial charge in [0.15, 0.2) is 0 Å². The molecule has 1 fully saturated rings. The minimum atomic E-state index is -3.07. The molecule has 0 unspecified atom stereocenters. The van der Waals surface area contributed by atoms with Crippen molar-refractivity contribution in [1.82, 2.24) is 24.7 Å². The molecule has 3 aromatic rings. The van der Waals surface area contributed by atoms with Crippen molar-refractivity contribution < 1.29 is 8.78 Å². The highest BCUT2D eigenvalue weighted by atomic mass is 19.3. The fourth-order valence-corrected chi connectivity index (χ4v) is 4.26. The summed E-state index contributed by atoms with van der Waals surface area (Å²) in [6.07, 6.45) is 9.75. The number of aromatic nitrogens is 5. The average molecular weight is 425 g/mol. The Labute approximate surface area is 179 Å². The lowest BCUT2D eigenvalue weighted by Gasteiger charge is -2.23. The van der Waals surface area contributed by atoms with Gasteiger partial charge in [-0.3, -0.25) is 9.78 Å². The van der Waals surface area contributed by atoms with E-state index in [1.54, 1.807) is 6.20 Å². The number of alkyl halides is 2. The molecule has 6 nitrogen and oxygen atoms in total. The van der Waals surface area contributed by atoms with Crippen molar-refractivity contribution in [2.45, 2.75) is 64.3 Å². The minimum Gasteiger partial charge on any atom is -0.267 e. The van der Waals surface area contributed by atoms with Crippen LogP contribution < -0.4 is 5.56 Å². The molecule has 0 amide bonds. The van der Waals surface area contributed by atoms with E-state index >= 15 is 0 Å². The van der Waals surface area contributed by atoms with Crippen LogP contribution in [-0.2, 0) is 12.5 Å². The molecule has 1 aliphatic rings. The topological polar surface area (TPSA) is 73.6 Å². The molecule has 0 bridgehead atoms. The van der Waals surface area contributed by atoms with Crippen LogP contribution in [0.2, 0.25) is 0 Å². The zero-order valence-electron chi connectivity index (χ0n) is 17.7. The van der Waals surface area contributed by atoms with Crippen molar-refractivity contribution in [2.75, 3.05) is 0 Å². The van der Waals surface area contributed by atoms with Gasteiger partial charge in [0.2, 0.25) is 0 Å². The van der Waals surface area contributed by atoms with Crippen molar-refractivity contribution in [2.24, 2.45) is 0 Å². The average Bonchev–Trinajstić information content (AvgIpc) is 2.76. The Hall–Kier alpha value is -3.03. The van der Waals surface area contributed by atoms with E-state index in [0.717, 1.165) is 44.6 Å². The lowest BCUT2D eigenvalue weighted by atomic mass is 9.84. The van der Waals surface area contributed by atoms with Crippen molar-refractivity contribution >= 4 is 0 Å². The van der Waals surface area contributed by atoms with E-state index < -0.39 is 5.92 Å². The van der Waals surface area contributed by atoms with Gasteiger partial charge in [0.1, 0.15) is 12.0 Å². The summed E-state index contributed by atoms with van der Waals surface area (Å²) in [4.78, 5) is 25.9. The molecule has 1 aliphatic carbocycles. The fourth-order valence-electron chi connectivity index (χ4n) is 4.26. The first-order chi connectivity index (χ1) is 14.8. The van der Waals surface area contributed by atoms with Crippen LogP contribution in [0.15, 0.2) is 41.7 Å².